The topological polar surface area (TPSA) is 71.5 Å². The summed E-state index contributed by atoms with van der Waals surface area (Å²) in [5.41, 5.74) is 2.19. The highest BCUT2D eigenvalue weighted by Crippen LogP contribution is 2.24. The first-order valence-electron chi connectivity index (χ1n) is 8.12. The number of hydrogen-bond acceptors (Lipinski definition) is 5. The predicted molar refractivity (Wildman–Crippen MR) is 94.0 cm³/mol. The summed E-state index contributed by atoms with van der Waals surface area (Å²) in [6, 6.07) is 8.19. The summed E-state index contributed by atoms with van der Waals surface area (Å²) in [5, 5.41) is 16.0. The van der Waals surface area contributed by atoms with E-state index in [0.717, 1.165) is 16.3 Å². The number of aromatic nitrogens is 1. The molecule has 0 unspecified atom stereocenters. The van der Waals surface area contributed by atoms with Gasteiger partial charge in [-0.2, -0.15) is 0 Å². The van der Waals surface area contributed by atoms with Crippen molar-refractivity contribution >= 4 is 17.2 Å². The minimum Gasteiger partial charge on any atom is -0.388 e. The van der Waals surface area contributed by atoms with Gasteiger partial charge in [-0.05, 0) is 6.92 Å². The molecule has 0 atom stereocenters. The Bertz CT molecular complexity index is 691. The zero-order valence-electron chi connectivity index (χ0n) is 13.7. The van der Waals surface area contributed by atoms with Gasteiger partial charge in [0.25, 0.3) is 0 Å². The fourth-order valence-electron chi connectivity index (χ4n) is 2.64. The fraction of sp³-hybridized carbons (Fsp3) is 0.444. The predicted octanol–water partition coefficient (Wildman–Crippen LogP) is 2.32. The molecule has 0 spiro atoms. The van der Waals surface area contributed by atoms with Gasteiger partial charge in [0, 0.05) is 43.5 Å². The number of amides is 1. The number of rotatable bonds is 5. The van der Waals surface area contributed by atoms with Crippen molar-refractivity contribution in [1.29, 1.82) is 0 Å². The molecular weight excluding hydrogens is 324 g/mol. The van der Waals surface area contributed by atoms with E-state index in [-0.39, 0.29) is 18.9 Å². The van der Waals surface area contributed by atoms with E-state index in [1.165, 1.54) is 16.9 Å². The molecule has 2 N–H and O–H groups in total. The molecule has 5 nitrogen and oxygen atoms in total. The number of carbonyl (C=O) groups excluding carboxylic acids is 1. The maximum atomic E-state index is 12.1. The van der Waals surface area contributed by atoms with Crippen LogP contribution in [0.4, 0.5) is 0 Å². The minimum atomic E-state index is -0.844. The number of nitrogens with zero attached hydrogens (tertiary/aromatic N) is 1. The lowest BCUT2D eigenvalue weighted by Crippen LogP contribution is -2.46. The molecule has 2 aromatic rings. The van der Waals surface area contributed by atoms with Gasteiger partial charge in [-0.25, -0.2) is 4.98 Å². The summed E-state index contributed by atoms with van der Waals surface area (Å²) in [7, 11) is 0. The largest absolute Gasteiger partial charge is 0.388 e. The second kappa shape index (κ2) is 7.42. The molecule has 24 heavy (non-hydrogen) atoms. The number of nitrogens with one attached hydrogen (secondary N) is 1. The van der Waals surface area contributed by atoms with Gasteiger partial charge in [0.15, 0.2) is 0 Å². The van der Waals surface area contributed by atoms with Crippen LogP contribution in [0.5, 0.6) is 0 Å². The Hall–Kier alpha value is -1.76. The first-order valence-corrected chi connectivity index (χ1v) is 9.00. The van der Waals surface area contributed by atoms with Gasteiger partial charge in [-0.15, -0.1) is 11.3 Å². The summed E-state index contributed by atoms with van der Waals surface area (Å²) in [5.74, 6) is -0.115. The monoisotopic (exact) mass is 346 g/mol. The maximum Gasteiger partial charge on any atom is 0.226 e. The van der Waals surface area contributed by atoms with Crippen molar-refractivity contribution in [3.8, 4) is 10.6 Å². The fourth-order valence-corrected chi connectivity index (χ4v) is 3.46. The number of hydrogen-bond donors (Lipinski definition) is 2. The Balaban J connectivity index is 1.54. The van der Waals surface area contributed by atoms with Gasteiger partial charge in [0.05, 0.1) is 17.7 Å². The number of carbonyl (C=O) groups is 1. The molecule has 0 aliphatic carbocycles. The summed E-state index contributed by atoms with van der Waals surface area (Å²) in [4.78, 5) is 16.6. The van der Waals surface area contributed by atoms with Crippen molar-refractivity contribution in [2.24, 2.45) is 0 Å². The highest BCUT2D eigenvalue weighted by atomic mass is 32.1. The minimum absolute atomic E-state index is 0.115. The van der Waals surface area contributed by atoms with Crippen molar-refractivity contribution in [3.05, 3.63) is 40.9 Å². The van der Waals surface area contributed by atoms with Gasteiger partial charge >= 0.3 is 0 Å². The van der Waals surface area contributed by atoms with Crippen LogP contribution in [0.2, 0.25) is 0 Å². The number of aliphatic hydroxyl groups is 1. The third-order valence-corrected chi connectivity index (χ3v) is 5.17. The van der Waals surface area contributed by atoms with Crippen LogP contribution in [-0.4, -0.2) is 41.4 Å². The summed E-state index contributed by atoms with van der Waals surface area (Å²) < 4.78 is 5.24. The van der Waals surface area contributed by atoms with Crippen molar-refractivity contribution in [3.63, 3.8) is 0 Å². The molecule has 1 fully saturated rings. The van der Waals surface area contributed by atoms with Crippen molar-refractivity contribution < 1.29 is 14.6 Å². The molecule has 0 radical (unpaired) electrons. The van der Waals surface area contributed by atoms with Gasteiger partial charge in [-0.1, -0.05) is 29.8 Å². The molecule has 2 heterocycles. The zero-order valence-corrected chi connectivity index (χ0v) is 14.6. The number of ether oxygens (including phenoxy) is 1. The van der Waals surface area contributed by atoms with Crippen molar-refractivity contribution in [2.75, 3.05) is 19.8 Å². The molecule has 0 saturated carbocycles. The van der Waals surface area contributed by atoms with E-state index in [0.29, 0.717) is 26.1 Å². The van der Waals surface area contributed by atoms with Crippen LogP contribution in [0.15, 0.2) is 29.6 Å². The molecular formula is C18H22N2O3S. The lowest BCUT2D eigenvalue weighted by atomic mass is 9.94. The highest BCUT2D eigenvalue weighted by molar-refractivity contribution is 7.13. The Morgan fingerprint density at radius 1 is 1.33 bits per heavy atom. The molecule has 128 valence electrons. The van der Waals surface area contributed by atoms with Crippen molar-refractivity contribution in [1.82, 2.24) is 10.3 Å². The number of benzene rings is 1. The lowest BCUT2D eigenvalue weighted by Gasteiger charge is -2.32. The van der Waals surface area contributed by atoms with Crippen LogP contribution in [0.25, 0.3) is 10.6 Å². The number of aryl methyl sites for hydroxylation is 1. The Kier molecular flexibility index (Phi) is 5.28. The lowest BCUT2D eigenvalue weighted by molar-refractivity contribution is -0.123. The average Bonchev–Trinajstić information content (AvgIpc) is 3.03. The second-order valence-electron chi connectivity index (χ2n) is 6.30. The van der Waals surface area contributed by atoms with Crippen LogP contribution in [0, 0.1) is 6.92 Å². The van der Waals surface area contributed by atoms with E-state index in [4.69, 9.17) is 4.74 Å². The van der Waals surface area contributed by atoms with Gasteiger partial charge in [0.2, 0.25) is 5.91 Å². The molecule has 0 bridgehead atoms. The van der Waals surface area contributed by atoms with Crippen LogP contribution in [0.1, 0.15) is 24.1 Å². The van der Waals surface area contributed by atoms with Gasteiger partial charge in [-0.3, -0.25) is 4.79 Å². The van der Waals surface area contributed by atoms with E-state index in [1.807, 2.05) is 24.4 Å². The molecule has 3 rings (SSSR count). The molecule has 6 heteroatoms. The van der Waals surface area contributed by atoms with Crippen LogP contribution in [0.3, 0.4) is 0 Å². The summed E-state index contributed by atoms with van der Waals surface area (Å²) in [6.07, 6.45) is 1.35. The SMILES string of the molecule is Cc1ccc(-c2nc(CC(=O)NCC3(O)CCOCC3)cs2)cc1. The molecule has 1 aromatic heterocycles. The molecule has 1 aromatic carbocycles. The van der Waals surface area contributed by atoms with E-state index in [1.54, 1.807) is 0 Å². The van der Waals surface area contributed by atoms with E-state index in [2.05, 4.69) is 22.4 Å². The highest BCUT2D eigenvalue weighted by Gasteiger charge is 2.30. The van der Waals surface area contributed by atoms with Crippen LogP contribution >= 0.6 is 11.3 Å². The molecule has 1 saturated heterocycles. The smallest absolute Gasteiger partial charge is 0.226 e. The third kappa shape index (κ3) is 4.41. The number of thiazole rings is 1. The van der Waals surface area contributed by atoms with Gasteiger partial charge < -0.3 is 15.2 Å². The first-order chi connectivity index (χ1) is 11.5. The average molecular weight is 346 g/mol. The maximum absolute atomic E-state index is 12.1. The third-order valence-electron chi connectivity index (χ3n) is 4.23. The molecule has 1 aliphatic rings. The quantitative estimate of drug-likeness (QED) is 0.872. The molecule has 1 aliphatic heterocycles. The second-order valence-corrected chi connectivity index (χ2v) is 7.16. The van der Waals surface area contributed by atoms with Crippen molar-refractivity contribution in [2.45, 2.75) is 31.8 Å². The van der Waals surface area contributed by atoms with E-state index < -0.39 is 5.60 Å². The standard InChI is InChI=1S/C18H22N2O3S/c1-13-2-4-14(5-3-13)17-20-15(11-24-17)10-16(21)19-12-18(22)6-8-23-9-7-18/h2-5,11,22H,6-10,12H2,1H3,(H,19,21). The first kappa shape index (κ1) is 17.1. The Labute approximate surface area is 145 Å². The van der Waals surface area contributed by atoms with E-state index in [9.17, 15) is 9.90 Å². The van der Waals surface area contributed by atoms with Gasteiger partial charge in [0.1, 0.15) is 5.01 Å². The zero-order chi connectivity index (χ0) is 17.0. The van der Waals surface area contributed by atoms with E-state index >= 15 is 0 Å². The van der Waals surface area contributed by atoms with Crippen LogP contribution < -0.4 is 5.32 Å². The normalized spacial score (nSPS) is 16.8. The summed E-state index contributed by atoms with van der Waals surface area (Å²) in [6.45, 7) is 3.40. The van der Waals surface area contributed by atoms with Crippen LogP contribution in [-0.2, 0) is 16.0 Å². The summed E-state index contributed by atoms with van der Waals surface area (Å²) >= 11 is 1.54. The Morgan fingerprint density at radius 2 is 2.04 bits per heavy atom. The Morgan fingerprint density at radius 3 is 2.75 bits per heavy atom. The molecule has 1 amide bonds.